The molecular formula is C24H32FN5O2. The molecule has 172 valence electrons. The molecular weight excluding hydrogens is 409 g/mol. The number of rotatable bonds is 6. The average Bonchev–Trinajstić information content (AvgIpc) is 3.29. The molecule has 0 spiro atoms. The number of aromatic nitrogens is 3. The van der Waals surface area contributed by atoms with E-state index in [1.165, 1.54) is 18.6 Å². The molecule has 4 fully saturated rings. The lowest BCUT2D eigenvalue weighted by Gasteiger charge is -2.49. The Labute approximate surface area is 188 Å². The van der Waals surface area contributed by atoms with Crippen molar-refractivity contribution in [2.45, 2.75) is 69.7 Å². The van der Waals surface area contributed by atoms with E-state index in [-0.39, 0.29) is 17.6 Å². The topological polar surface area (TPSA) is 83.3 Å². The molecule has 2 bridgehead atoms. The van der Waals surface area contributed by atoms with Crippen molar-refractivity contribution in [2.24, 2.45) is 11.8 Å². The third kappa shape index (κ3) is 4.43. The van der Waals surface area contributed by atoms with Gasteiger partial charge in [-0.2, -0.15) is 0 Å². The average molecular weight is 442 g/mol. The number of hydrogen-bond donors (Lipinski definition) is 2. The normalized spacial score (nSPS) is 29.1. The third-order valence-corrected chi connectivity index (χ3v) is 7.69. The second-order valence-electron chi connectivity index (χ2n) is 9.80. The van der Waals surface area contributed by atoms with Crippen LogP contribution in [-0.2, 0) is 23.5 Å². The second-order valence-corrected chi connectivity index (χ2v) is 9.80. The van der Waals surface area contributed by atoms with Gasteiger partial charge in [0.1, 0.15) is 17.1 Å². The second kappa shape index (κ2) is 8.90. The Morgan fingerprint density at radius 2 is 2.00 bits per heavy atom. The number of hydrogen-bond acceptors (Lipinski definition) is 5. The van der Waals surface area contributed by atoms with Crippen LogP contribution in [0.1, 0.15) is 56.2 Å². The molecule has 1 aromatic carbocycles. The van der Waals surface area contributed by atoms with Gasteiger partial charge < -0.3 is 10.4 Å². The molecule has 4 unspecified atom stereocenters. The molecule has 1 aromatic heterocycles. The Balaban J connectivity index is 1.16. The Bertz CT molecular complexity index is 940. The van der Waals surface area contributed by atoms with Crippen molar-refractivity contribution in [3.05, 3.63) is 47.5 Å². The van der Waals surface area contributed by atoms with Gasteiger partial charge in [-0.25, -0.2) is 4.39 Å². The molecule has 1 aliphatic carbocycles. The van der Waals surface area contributed by atoms with Crippen molar-refractivity contribution >= 4 is 5.91 Å². The number of carbonyl (C=O) groups excluding carboxylic acids is 1. The van der Waals surface area contributed by atoms with E-state index in [1.807, 2.05) is 10.9 Å². The highest BCUT2D eigenvalue weighted by atomic mass is 19.1. The largest absolute Gasteiger partial charge is 0.383 e. The number of fused-ring (bicyclic) bond motifs is 3. The molecule has 8 heteroatoms. The van der Waals surface area contributed by atoms with Crippen LogP contribution in [0.3, 0.4) is 0 Å². The molecule has 4 aliphatic rings. The van der Waals surface area contributed by atoms with Crippen LogP contribution in [0.15, 0.2) is 30.5 Å². The summed E-state index contributed by atoms with van der Waals surface area (Å²) in [5.41, 5.74) is 0.780. The summed E-state index contributed by atoms with van der Waals surface area (Å²) in [5.74, 6) is 0.180. The number of carbonyl (C=O) groups is 1. The van der Waals surface area contributed by atoms with Crippen LogP contribution in [0, 0.1) is 17.7 Å². The predicted octanol–water partition coefficient (Wildman–Crippen LogP) is 2.60. The molecule has 3 aliphatic heterocycles. The van der Waals surface area contributed by atoms with Crippen molar-refractivity contribution in [3.63, 3.8) is 0 Å². The molecule has 4 heterocycles. The van der Waals surface area contributed by atoms with Gasteiger partial charge in [0.05, 0.1) is 18.7 Å². The molecule has 4 atom stereocenters. The highest BCUT2D eigenvalue weighted by Gasteiger charge is 2.43. The van der Waals surface area contributed by atoms with Crippen molar-refractivity contribution in [3.8, 4) is 0 Å². The lowest BCUT2D eigenvalue weighted by atomic mass is 9.75. The summed E-state index contributed by atoms with van der Waals surface area (Å²) in [6.07, 6.45) is 8.69. The molecule has 1 amide bonds. The Morgan fingerprint density at radius 3 is 2.72 bits per heavy atom. The van der Waals surface area contributed by atoms with Gasteiger partial charge in [-0.3, -0.25) is 14.4 Å². The van der Waals surface area contributed by atoms with Crippen LogP contribution in [0.25, 0.3) is 0 Å². The van der Waals surface area contributed by atoms with E-state index in [4.69, 9.17) is 0 Å². The van der Waals surface area contributed by atoms with Gasteiger partial charge in [-0.05, 0) is 55.8 Å². The van der Waals surface area contributed by atoms with Crippen LogP contribution in [-0.4, -0.2) is 50.0 Å². The lowest BCUT2D eigenvalue weighted by Crippen LogP contribution is -2.58. The van der Waals surface area contributed by atoms with Gasteiger partial charge in [-0.1, -0.05) is 36.6 Å². The van der Waals surface area contributed by atoms with Gasteiger partial charge in [-0.15, -0.1) is 5.10 Å². The van der Waals surface area contributed by atoms with Crippen molar-refractivity contribution < 1.29 is 14.3 Å². The lowest BCUT2D eigenvalue weighted by molar-refractivity contribution is -0.133. The zero-order valence-electron chi connectivity index (χ0n) is 18.4. The van der Waals surface area contributed by atoms with E-state index in [0.29, 0.717) is 24.2 Å². The highest BCUT2D eigenvalue weighted by molar-refractivity contribution is 5.79. The number of benzene rings is 1. The number of halogens is 1. The molecule has 1 saturated carbocycles. The fourth-order valence-corrected chi connectivity index (χ4v) is 5.76. The van der Waals surface area contributed by atoms with Crippen LogP contribution in [0.4, 0.5) is 4.39 Å². The van der Waals surface area contributed by atoms with E-state index >= 15 is 0 Å². The standard InChI is InChI=1S/C24H32FN5O2/c25-19-6-4-17(5-7-19)13-26-23(31)21-15-29-11-8-18(21)12-20(29)14-30-16-22(27-28-30)24(32)9-2-1-3-10-24/h4-7,16,18,20-21,32H,1-3,8-15H2,(H,26,31). The minimum Gasteiger partial charge on any atom is -0.383 e. The van der Waals surface area contributed by atoms with Crippen LogP contribution in [0.2, 0.25) is 0 Å². The van der Waals surface area contributed by atoms with Gasteiger partial charge in [0.25, 0.3) is 0 Å². The fourth-order valence-electron chi connectivity index (χ4n) is 5.76. The molecule has 2 N–H and O–H groups in total. The number of nitrogens with zero attached hydrogens (tertiary/aromatic N) is 4. The smallest absolute Gasteiger partial charge is 0.224 e. The van der Waals surface area contributed by atoms with Crippen molar-refractivity contribution in [2.75, 3.05) is 13.1 Å². The Kier molecular flexibility index (Phi) is 5.99. The first-order valence-corrected chi connectivity index (χ1v) is 11.9. The van der Waals surface area contributed by atoms with E-state index in [0.717, 1.165) is 63.7 Å². The fraction of sp³-hybridized carbons (Fsp3) is 0.625. The zero-order valence-corrected chi connectivity index (χ0v) is 18.4. The maximum absolute atomic E-state index is 13.1. The monoisotopic (exact) mass is 441 g/mol. The number of piperidine rings is 3. The van der Waals surface area contributed by atoms with E-state index in [2.05, 4.69) is 20.5 Å². The van der Waals surface area contributed by atoms with Crippen molar-refractivity contribution in [1.82, 2.24) is 25.2 Å². The van der Waals surface area contributed by atoms with Crippen LogP contribution >= 0.6 is 0 Å². The maximum atomic E-state index is 13.1. The minimum absolute atomic E-state index is 0.00490. The SMILES string of the molecule is O=C(NCc1ccc(F)cc1)C1CN2CCC1CC2Cn1cc(C2(O)CCCCC2)nn1. The zero-order chi connectivity index (χ0) is 22.1. The summed E-state index contributed by atoms with van der Waals surface area (Å²) in [6, 6.07) is 6.59. The first kappa shape index (κ1) is 21.5. The minimum atomic E-state index is -0.823. The van der Waals surface area contributed by atoms with Crippen LogP contribution < -0.4 is 5.32 Å². The molecule has 7 nitrogen and oxygen atoms in total. The van der Waals surface area contributed by atoms with Gasteiger partial charge >= 0.3 is 0 Å². The van der Waals surface area contributed by atoms with E-state index < -0.39 is 5.60 Å². The molecule has 0 radical (unpaired) electrons. The summed E-state index contributed by atoms with van der Waals surface area (Å²) in [6.45, 7) is 2.93. The number of aliphatic hydroxyl groups is 1. The first-order valence-electron chi connectivity index (χ1n) is 11.9. The number of amides is 1. The van der Waals surface area contributed by atoms with Gasteiger partial charge in [0, 0.05) is 19.1 Å². The van der Waals surface area contributed by atoms with Gasteiger partial charge in [0.2, 0.25) is 5.91 Å². The third-order valence-electron chi connectivity index (χ3n) is 7.69. The highest BCUT2D eigenvalue weighted by Crippen LogP contribution is 2.38. The summed E-state index contributed by atoms with van der Waals surface area (Å²) in [7, 11) is 0. The first-order chi connectivity index (χ1) is 15.5. The maximum Gasteiger partial charge on any atom is 0.224 e. The molecule has 6 rings (SSSR count). The molecule has 32 heavy (non-hydrogen) atoms. The Hall–Kier alpha value is -2.32. The van der Waals surface area contributed by atoms with Crippen LogP contribution in [0.5, 0.6) is 0 Å². The number of nitrogens with one attached hydrogen (secondary N) is 1. The predicted molar refractivity (Wildman–Crippen MR) is 117 cm³/mol. The summed E-state index contributed by atoms with van der Waals surface area (Å²) in [4.78, 5) is 15.2. The molecule has 3 saturated heterocycles. The summed E-state index contributed by atoms with van der Waals surface area (Å²) < 4.78 is 14.9. The Morgan fingerprint density at radius 1 is 1.22 bits per heavy atom. The summed E-state index contributed by atoms with van der Waals surface area (Å²) >= 11 is 0. The quantitative estimate of drug-likeness (QED) is 0.720. The van der Waals surface area contributed by atoms with E-state index in [1.54, 1.807) is 12.1 Å². The summed E-state index contributed by atoms with van der Waals surface area (Å²) in [5, 5.41) is 22.6. The van der Waals surface area contributed by atoms with E-state index in [9.17, 15) is 14.3 Å². The van der Waals surface area contributed by atoms with Crippen molar-refractivity contribution in [1.29, 1.82) is 0 Å². The van der Waals surface area contributed by atoms with Gasteiger partial charge in [0.15, 0.2) is 0 Å². The molecule has 2 aromatic rings.